The van der Waals surface area contributed by atoms with Crippen molar-refractivity contribution in [2.24, 2.45) is 0 Å². The minimum absolute atomic E-state index is 0.684. The first kappa shape index (κ1) is 24.6. The highest BCUT2D eigenvalue weighted by molar-refractivity contribution is 7.26. The van der Waals surface area contributed by atoms with Gasteiger partial charge in [-0.2, -0.15) is 0 Å². The van der Waals surface area contributed by atoms with Crippen molar-refractivity contribution in [2.45, 2.75) is 0 Å². The second-order valence-electron chi connectivity index (χ2n) is 11.4. The van der Waals surface area contributed by atoms with E-state index in [9.17, 15) is 0 Å². The molecule has 0 aliphatic rings. The Morgan fingerprint density at radius 1 is 0.533 bits per heavy atom. The summed E-state index contributed by atoms with van der Waals surface area (Å²) < 4.78 is 11.4. The largest absolute Gasteiger partial charge is 0.452 e. The second-order valence-corrected chi connectivity index (χ2v) is 12.4. The summed E-state index contributed by atoms with van der Waals surface area (Å²) in [5.41, 5.74) is 8.58. The number of fused-ring (bicyclic) bond motifs is 10. The van der Waals surface area contributed by atoms with E-state index >= 15 is 0 Å². The number of furan rings is 1. The molecule has 4 heterocycles. The maximum atomic E-state index is 6.38. The molecule has 6 aromatic carbocycles. The Balaban J connectivity index is 1.19. The molecule has 0 aliphatic heterocycles. The van der Waals surface area contributed by atoms with Crippen molar-refractivity contribution in [2.75, 3.05) is 0 Å². The molecule has 0 N–H and O–H groups in total. The van der Waals surface area contributed by atoms with Gasteiger partial charge in [0, 0.05) is 53.1 Å². The van der Waals surface area contributed by atoms with Crippen molar-refractivity contribution in [1.82, 2.24) is 14.5 Å². The lowest BCUT2D eigenvalue weighted by Crippen LogP contribution is -1.96. The van der Waals surface area contributed by atoms with Crippen molar-refractivity contribution in [3.8, 4) is 28.3 Å². The molecule has 45 heavy (non-hydrogen) atoms. The number of aromatic nitrogens is 3. The van der Waals surface area contributed by atoms with E-state index in [-0.39, 0.29) is 0 Å². The maximum absolute atomic E-state index is 6.38. The average Bonchev–Trinajstić information content (AvgIpc) is 3.78. The normalized spacial score (nSPS) is 12.0. The zero-order valence-electron chi connectivity index (χ0n) is 23.9. The van der Waals surface area contributed by atoms with Crippen LogP contribution in [0.1, 0.15) is 0 Å². The molecule has 4 nitrogen and oxygen atoms in total. The van der Waals surface area contributed by atoms with Crippen LogP contribution in [-0.2, 0) is 0 Å². The standard InChI is InChI=1S/C40H23N3OS/c1-2-10-25(11-3-1)40-41-36(38-37(42-40)30-14-5-8-16-33(30)44-38)24-18-20-26(21-19-24)43-31-15-7-4-13-29(31)35-32(43)23-22-28-27-12-6-9-17-34(27)45-39(28)35/h1-23H. The van der Waals surface area contributed by atoms with Crippen LogP contribution in [0.5, 0.6) is 0 Å². The number of hydrogen-bond acceptors (Lipinski definition) is 4. The third kappa shape index (κ3) is 3.59. The molecule has 0 unspecified atom stereocenters. The van der Waals surface area contributed by atoms with Gasteiger partial charge in [0.15, 0.2) is 11.4 Å². The fourth-order valence-electron chi connectivity index (χ4n) is 6.78. The van der Waals surface area contributed by atoms with Crippen LogP contribution in [0.4, 0.5) is 0 Å². The van der Waals surface area contributed by atoms with Crippen LogP contribution in [-0.4, -0.2) is 14.5 Å². The summed E-state index contributed by atoms with van der Waals surface area (Å²) >= 11 is 1.88. The van der Waals surface area contributed by atoms with Crippen LogP contribution >= 0.6 is 11.3 Å². The number of hydrogen-bond donors (Lipinski definition) is 0. The van der Waals surface area contributed by atoms with Gasteiger partial charge >= 0.3 is 0 Å². The summed E-state index contributed by atoms with van der Waals surface area (Å²) in [6.45, 7) is 0. The molecular weight excluding hydrogens is 571 g/mol. The molecule has 0 fully saturated rings. The summed E-state index contributed by atoms with van der Waals surface area (Å²) in [5.74, 6) is 0.684. The van der Waals surface area contributed by atoms with Gasteiger partial charge in [0.25, 0.3) is 0 Å². The zero-order chi connectivity index (χ0) is 29.5. The Bertz CT molecular complexity index is 2750. The molecule has 10 rings (SSSR count). The van der Waals surface area contributed by atoms with E-state index in [1.807, 2.05) is 59.9 Å². The molecule has 5 heteroatoms. The number of benzene rings is 6. The van der Waals surface area contributed by atoms with Crippen molar-refractivity contribution < 1.29 is 4.42 Å². The van der Waals surface area contributed by atoms with Crippen LogP contribution in [0.3, 0.4) is 0 Å². The Labute approximate surface area is 261 Å². The number of nitrogens with zero attached hydrogens (tertiary/aromatic N) is 3. The highest BCUT2D eigenvalue weighted by atomic mass is 32.1. The highest BCUT2D eigenvalue weighted by Gasteiger charge is 2.20. The van der Waals surface area contributed by atoms with E-state index in [1.54, 1.807) is 0 Å². The SMILES string of the molecule is c1ccc(-c2nc(-c3ccc(-n4c5ccccc5c5c6sc7ccccc7c6ccc54)cc3)c3oc4ccccc4c3n2)cc1. The van der Waals surface area contributed by atoms with E-state index in [2.05, 4.69) is 95.6 Å². The molecule has 0 radical (unpaired) electrons. The van der Waals surface area contributed by atoms with Crippen LogP contribution in [0.2, 0.25) is 0 Å². The van der Waals surface area contributed by atoms with Crippen LogP contribution in [0, 0.1) is 0 Å². The Morgan fingerprint density at radius 2 is 1.27 bits per heavy atom. The van der Waals surface area contributed by atoms with E-state index < -0.39 is 0 Å². The first-order chi connectivity index (χ1) is 22.3. The van der Waals surface area contributed by atoms with Crippen LogP contribution in [0.15, 0.2) is 144 Å². The van der Waals surface area contributed by atoms with Gasteiger partial charge in [-0.3, -0.25) is 0 Å². The Morgan fingerprint density at radius 3 is 2.13 bits per heavy atom. The molecule has 210 valence electrons. The van der Waals surface area contributed by atoms with Crippen molar-refractivity contribution in [1.29, 1.82) is 0 Å². The highest BCUT2D eigenvalue weighted by Crippen LogP contribution is 2.43. The lowest BCUT2D eigenvalue weighted by atomic mass is 10.1. The third-order valence-corrected chi connectivity index (χ3v) is 10.0. The first-order valence-corrected chi connectivity index (χ1v) is 15.8. The van der Waals surface area contributed by atoms with Gasteiger partial charge in [0.05, 0.1) is 11.0 Å². The molecule has 0 amide bonds. The average molecular weight is 594 g/mol. The van der Waals surface area contributed by atoms with E-state index in [4.69, 9.17) is 14.4 Å². The molecular formula is C40H23N3OS. The van der Waals surface area contributed by atoms with Gasteiger partial charge in [-0.05, 0) is 42.5 Å². The monoisotopic (exact) mass is 593 g/mol. The molecule has 0 bridgehead atoms. The second kappa shape index (κ2) is 9.36. The quantitative estimate of drug-likeness (QED) is 0.205. The minimum Gasteiger partial charge on any atom is -0.452 e. The van der Waals surface area contributed by atoms with Gasteiger partial charge in [-0.1, -0.05) is 97.1 Å². The van der Waals surface area contributed by atoms with E-state index in [0.717, 1.165) is 39.0 Å². The summed E-state index contributed by atoms with van der Waals surface area (Å²) in [5, 5.41) is 6.19. The summed E-state index contributed by atoms with van der Waals surface area (Å²) in [4.78, 5) is 10.1. The number of rotatable bonds is 3. The van der Waals surface area contributed by atoms with E-state index in [1.165, 1.54) is 42.0 Å². The third-order valence-electron chi connectivity index (χ3n) is 8.83. The fourth-order valence-corrected chi connectivity index (χ4v) is 8.04. The number of thiophene rings is 1. The topological polar surface area (TPSA) is 43.9 Å². The van der Waals surface area contributed by atoms with Gasteiger partial charge in [0.1, 0.15) is 16.8 Å². The van der Waals surface area contributed by atoms with Gasteiger partial charge in [-0.25, -0.2) is 9.97 Å². The van der Waals surface area contributed by atoms with Crippen molar-refractivity contribution >= 4 is 75.4 Å². The molecule has 0 saturated carbocycles. The van der Waals surface area contributed by atoms with Crippen molar-refractivity contribution in [3.63, 3.8) is 0 Å². The lowest BCUT2D eigenvalue weighted by Gasteiger charge is -2.10. The molecule has 0 atom stereocenters. The molecule has 4 aromatic heterocycles. The lowest BCUT2D eigenvalue weighted by molar-refractivity contribution is 0.667. The minimum atomic E-state index is 0.684. The van der Waals surface area contributed by atoms with Gasteiger partial charge < -0.3 is 8.98 Å². The first-order valence-electron chi connectivity index (χ1n) is 15.0. The molecule has 10 aromatic rings. The number of para-hydroxylation sites is 2. The van der Waals surface area contributed by atoms with Crippen LogP contribution < -0.4 is 0 Å². The van der Waals surface area contributed by atoms with E-state index in [0.29, 0.717) is 11.4 Å². The van der Waals surface area contributed by atoms with Crippen molar-refractivity contribution in [3.05, 3.63) is 140 Å². The Hall–Kier alpha value is -5.78. The van der Waals surface area contributed by atoms with Gasteiger partial charge in [-0.15, -0.1) is 11.3 Å². The fraction of sp³-hybridized carbons (Fsp3) is 0. The molecule has 0 spiro atoms. The smallest absolute Gasteiger partial charge is 0.180 e. The molecule has 0 aliphatic carbocycles. The predicted molar refractivity (Wildman–Crippen MR) is 187 cm³/mol. The zero-order valence-corrected chi connectivity index (χ0v) is 24.8. The Kier molecular flexibility index (Phi) is 5.12. The summed E-state index contributed by atoms with van der Waals surface area (Å²) in [7, 11) is 0. The van der Waals surface area contributed by atoms with Gasteiger partial charge in [0.2, 0.25) is 0 Å². The maximum Gasteiger partial charge on any atom is 0.180 e. The molecule has 0 saturated heterocycles. The summed E-state index contributed by atoms with van der Waals surface area (Å²) in [6.07, 6.45) is 0. The predicted octanol–water partition coefficient (Wildman–Crippen LogP) is 11.2. The van der Waals surface area contributed by atoms with Crippen LogP contribution in [0.25, 0.3) is 92.4 Å². The summed E-state index contributed by atoms with van der Waals surface area (Å²) in [6, 6.07) is 48.9.